The number of esters is 2. The Hall–Kier alpha value is -3.23. The molecule has 1 fully saturated rings. The first-order valence-corrected chi connectivity index (χ1v) is 8.47. The van der Waals surface area contributed by atoms with Crippen LogP contribution in [0.25, 0.3) is 0 Å². The molecular formula is C18H19N3O6. The lowest BCUT2D eigenvalue weighted by Crippen LogP contribution is -2.47. The lowest BCUT2D eigenvalue weighted by Gasteiger charge is -2.28. The highest BCUT2D eigenvalue weighted by molar-refractivity contribution is 6.63. The van der Waals surface area contributed by atoms with Gasteiger partial charge in [0.25, 0.3) is 23.3 Å². The number of hydrogen-bond donors (Lipinski definition) is 1. The molecule has 0 spiro atoms. The van der Waals surface area contributed by atoms with E-state index < -0.39 is 29.3 Å². The van der Waals surface area contributed by atoms with Crippen molar-refractivity contribution < 1.29 is 28.7 Å². The van der Waals surface area contributed by atoms with Crippen molar-refractivity contribution >= 4 is 35.2 Å². The zero-order valence-corrected chi connectivity index (χ0v) is 15.4. The first-order chi connectivity index (χ1) is 12.7. The molecule has 2 amide bonds. The number of benzene rings is 1. The quantitative estimate of drug-likeness (QED) is 0.485. The molecule has 1 unspecified atom stereocenters. The second kappa shape index (κ2) is 6.49. The van der Waals surface area contributed by atoms with Gasteiger partial charge in [-0.1, -0.05) is 13.0 Å². The molecule has 0 radical (unpaired) electrons. The van der Waals surface area contributed by atoms with E-state index in [2.05, 4.69) is 10.5 Å². The Morgan fingerprint density at radius 2 is 1.74 bits per heavy atom. The molecule has 2 heterocycles. The van der Waals surface area contributed by atoms with Gasteiger partial charge in [-0.3, -0.25) is 19.9 Å². The number of imide groups is 1. The van der Waals surface area contributed by atoms with Crippen molar-refractivity contribution in [3.05, 3.63) is 29.3 Å². The standard InChI is InChI=1S/C18H19N3O6/c1-5-9(2)21-14(22)10-7-6-8-11(12(10)15(21)23)19-20-13-16(24)26-18(3,4)27-17(13)25/h6-9,19H,5H2,1-4H3. The van der Waals surface area contributed by atoms with Crippen molar-refractivity contribution in [2.75, 3.05) is 5.43 Å². The average Bonchev–Trinajstić information content (AvgIpc) is 2.84. The molecule has 1 saturated heterocycles. The summed E-state index contributed by atoms with van der Waals surface area (Å²) in [7, 11) is 0. The Labute approximate surface area is 155 Å². The second-order valence-electron chi connectivity index (χ2n) is 6.72. The van der Waals surface area contributed by atoms with E-state index in [9.17, 15) is 19.2 Å². The predicted octanol–water partition coefficient (Wildman–Crippen LogP) is 1.69. The Balaban J connectivity index is 1.92. The maximum Gasteiger partial charge on any atom is 0.369 e. The van der Waals surface area contributed by atoms with Crippen LogP contribution in [0.4, 0.5) is 5.69 Å². The largest absolute Gasteiger partial charge is 0.418 e. The summed E-state index contributed by atoms with van der Waals surface area (Å²) in [6.07, 6.45) is 0.615. The lowest BCUT2D eigenvalue weighted by molar-refractivity contribution is -0.214. The molecule has 142 valence electrons. The number of amides is 2. The molecule has 27 heavy (non-hydrogen) atoms. The summed E-state index contributed by atoms with van der Waals surface area (Å²) in [6.45, 7) is 6.50. The summed E-state index contributed by atoms with van der Waals surface area (Å²) in [4.78, 5) is 50.3. The van der Waals surface area contributed by atoms with Crippen LogP contribution in [0, 0.1) is 0 Å². The highest BCUT2D eigenvalue weighted by Crippen LogP contribution is 2.31. The minimum absolute atomic E-state index is 0.144. The number of rotatable bonds is 4. The number of anilines is 1. The molecule has 3 rings (SSSR count). The molecule has 1 N–H and O–H groups in total. The van der Waals surface area contributed by atoms with Crippen LogP contribution >= 0.6 is 0 Å². The van der Waals surface area contributed by atoms with E-state index in [0.29, 0.717) is 6.42 Å². The third kappa shape index (κ3) is 3.16. The number of carbonyl (C=O) groups excluding carboxylic acids is 4. The molecule has 9 heteroatoms. The van der Waals surface area contributed by atoms with Gasteiger partial charge in [0.05, 0.1) is 16.8 Å². The van der Waals surface area contributed by atoms with Crippen LogP contribution in [-0.4, -0.2) is 46.2 Å². The number of carbonyl (C=O) groups is 4. The van der Waals surface area contributed by atoms with Gasteiger partial charge in [-0.25, -0.2) is 9.59 Å². The van der Waals surface area contributed by atoms with Gasteiger partial charge in [-0.2, -0.15) is 5.10 Å². The molecule has 0 bridgehead atoms. The second-order valence-corrected chi connectivity index (χ2v) is 6.72. The first-order valence-electron chi connectivity index (χ1n) is 8.47. The number of hydrogen-bond acceptors (Lipinski definition) is 8. The van der Waals surface area contributed by atoms with Crippen LogP contribution in [0.3, 0.4) is 0 Å². The van der Waals surface area contributed by atoms with E-state index in [1.807, 2.05) is 6.92 Å². The van der Waals surface area contributed by atoms with Crippen molar-refractivity contribution in [1.29, 1.82) is 0 Å². The number of fused-ring (bicyclic) bond motifs is 1. The molecule has 9 nitrogen and oxygen atoms in total. The van der Waals surface area contributed by atoms with Crippen LogP contribution in [0.15, 0.2) is 23.3 Å². The van der Waals surface area contributed by atoms with Crippen molar-refractivity contribution in [3.63, 3.8) is 0 Å². The van der Waals surface area contributed by atoms with Gasteiger partial charge < -0.3 is 9.47 Å². The lowest BCUT2D eigenvalue weighted by atomic mass is 10.1. The van der Waals surface area contributed by atoms with Crippen molar-refractivity contribution in [1.82, 2.24) is 4.90 Å². The Morgan fingerprint density at radius 1 is 1.11 bits per heavy atom. The third-order valence-electron chi connectivity index (χ3n) is 4.33. The number of nitrogens with one attached hydrogen (secondary N) is 1. The summed E-state index contributed by atoms with van der Waals surface area (Å²) in [5.74, 6) is -4.11. The number of hydrazone groups is 1. The number of ether oxygens (including phenoxy) is 2. The molecule has 1 atom stereocenters. The van der Waals surface area contributed by atoms with Crippen molar-refractivity contribution in [3.8, 4) is 0 Å². The fourth-order valence-electron chi connectivity index (χ4n) is 2.83. The summed E-state index contributed by atoms with van der Waals surface area (Å²) in [6, 6.07) is 4.38. The van der Waals surface area contributed by atoms with E-state index in [1.54, 1.807) is 19.1 Å². The zero-order valence-electron chi connectivity index (χ0n) is 15.4. The van der Waals surface area contributed by atoms with Crippen LogP contribution in [-0.2, 0) is 19.1 Å². The number of nitrogens with zero attached hydrogens (tertiary/aromatic N) is 2. The summed E-state index contributed by atoms with van der Waals surface area (Å²) in [5, 5.41) is 3.74. The van der Waals surface area contributed by atoms with Gasteiger partial charge in [-0.15, -0.1) is 0 Å². The maximum atomic E-state index is 12.7. The van der Waals surface area contributed by atoms with Gasteiger partial charge >= 0.3 is 11.9 Å². The number of cyclic esters (lactones) is 2. The predicted molar refractivity (Wildman–Crippen MR) is 94.0 cm³/mol. The highest BCUT2D eigenvalue weighted by Gasteiger charge is 2.42. The van der Waals surface area contributed by atoms with E-state index >= 15 is 0 Å². The zero-order chi connectivity index (χ0) is 19.9. The molecule has 2 aliphatic rings. The fraction of sp³-hybridized carbons (Fsp3) is 0.389. The van der Waals surface area contributed by atoms with Gasteiger partial charge in [0.1, 0.15) is 0 Å². The van der Waals surface area contributed by atoms with Crippen LogP contribution in [0.2, 0.25) is 0 Å². The Morgan fingerprint density at radius 3 is 2.33 bits per heavy atom. The monoisotopic (exact) mass is 373 g/mol. The van der Waals surface area contributed by atoms with E-state index in [1.165, 1.54) is 24.8 Å². The summed E-state index contributed by atoms with van der Waals surface area (Å²) >= 11 is 0. The molecule has 1 aromatic carbocycles. The van der Waals surface area contributed by atoms with Crippen LogP contribution < -0.4 is 5.43 Å². The molecule has 0 aromatic heterocycles. The first kappa shape index (κ1) is 18.6. The smallest absolute Gasteiger partial charge is 0.369 e. The van der Waals surface area contributed by atoms with E-state index in [0.717, 1.165) is 0 Å². The Bertz CT molecular complexity index is 867. The van der Waals surface area contributed by atoms with E-state index in [4.69, 9.17) is 9.47 Å². The topological polar surface area (TPSA) is 114 Å². The van der Waals surface area contributed by atoms with Crippen LogP contribution in [0.5, 0.6) is 0 Å². The minimum Gasteiger partial charge on any atom is -0.418 e. The van der Waals surface area contributed by atoms with Crippen molar-refractivity contribution in [2.24, 2.45) is 5.10 Å². The summed E-state index contributed by atoms with van der Waals surface area (Å²) < 4.78 is 9.91. The van der Waals surface area contributed by atoms with Gasteiger partial charge in [-0.05, 0) is 25.5 Å². The minimum atomic E-state index is -1.37. The molecule has 0 saturated carbocycles. The third-order valence-corrected chi connectivity index (χ3v) is 4.33. The van der Waals surface area contributed by atoms with Crippen molar-refractivity contribution in [2.45, 2.75) is 45.9 Å². The highest BCUT2D eigenvalue weighted by atomic mass is 16.7. The molecule has 2 aliphatic heterocycles. The van der Waals surface area contributed by atoms with Gasteiger partial charge in [0, 0.05) is 19.9 Å². The average molecular weight is 373 g/mol. The fourth-order valence-corrected chi connectivity index (χ4v) is 2.83. The Kier molecular flexibility index (Phi) is 4.46. The van der Waals surface area contributed by atoms with E-state index in [-0.39, 0.29) is 28.8 Å². The molecule has 0 aliphatic carbocycles. The molecule has 1 aromatic rings. The maximum absolute atomic E-state index is 12.7. The molecular weight excluding hydrogens is 354 g/mol. The normalized spacial score (nSPS) is 19.4. The van der Waals surface area contributed by atoms with Gasteiger partial charge in [0.15, 0.2) is 0 Å². The van der Waals surface area contributed by atoms with Crippen LogP contribution in [0.1, 0.15) is 54.8 Å². The SMILES string of the molecule is CCC(C)N1C(=O)c2cccc(NN=C3C(=O)OC(C)(C)OC3=O)c2C1=O. The van der Waals surface area contributed by atoms with Gasteiger partial charge in [0.2, 0.25) is 0 Å². The summed E-state index contributed by atoms with van der Waals surface area (Å²) in [5.41, 5.74) is 2.52.